The normalized spacial score (nSPS) is 15.4. The maximum absolute atomic E-state index is 8.80. The van der Waals surface area contributed by atoms with E-state index in [-0.39, 0.29) is 12.7 Å². The van der Waals surface area contributed by atoms with Gasteiger partial charge in [0.2, 0.25) is 0 Å². The first-order valence-electron chi connectivity index (χ1n) is 5.85. The van der Waals surface area contributed by atoms with Crippen LogP contribution in [0.25, 0.3) is 0 Å². The van der Waals surface area contributed by atoms with E-state index in [1.165, 1.54) is 0 Å². The van der Waals surface area contributed by atoms with Gasteiger partial charge in [-0.2, -0.15) is 0 Å². The molecule has 0 unspecified atom stereocenters. The van der Waals surface area contributed by atoms with Gasteiger partial charge >= 0.3 is 0 Å². The molecule has 1 heterocycles. The monoisotopic (exact) mass is 238 g/mol. The number of aliphatic hydroxyl groups is 1. The number of ether oxygens (including phenoxy) is 3. The smallest absolute Gasteiger partial charge is 0.161 e. The van der Waals surface area contributed by atoms with Crippen molar-refractivity contribution < 1.29 is 19.3 Å². The van der Waals surface area contributed by atoms with Crippen molar-refractivity contribution in [2.45, 2.75) is 18.9 Å². The van der Waals surface area contributed by atoms with Crippen LogP contribution >= 0.6 is 0 Å². The van der Waals surface area contributed by atoms with E-state index >= 15 is 0 Å². The molecule has 0 aromatic heterocycles. The van der Waals surface area contributed by atoms with Gasteiger partial charge in [0.25, 0.3) is 0 Å². The highest BCUT2D eigenvalue weighted by atomic mass is 16.6. The summed E-state index contributed by atoms with van der Waals surface area (Å²) >= 11 is 0. The first-order chi connectivity index (χ1) is 8.33. The summed E-state index contributed by atoms with van der Waals surface area (Å²) in [6, 6.07) is 5.89. The standard InChI is InChI=1S/C13H18O4/c1-15-13-7-10(3-2-6-14)4-5-12(13)17-11-8-16-9-11/h4-5,7,11,14H,2-3,6,8-9H2,1H3. The van der Waals surface area contributed by atoms with Crippen molar-refractivity contribution in [3.05, 3.63) is 23.8 Å². The third kappa shape index (κ3) is 3.11. The van der Waals surface area contributed by atoms with Gasteiger partial charge in [-0.25, -0.2) is 0 Å². The van der Waals surface area contributed by atoms with Crippen LogP contribution in [0.5, 0.6) is 11.5 Å². The molecule has 0 atom stereocenters. The van der Waals surface area contributed by atoms with Crippen LogP contribution in [0.4, 0.5) is 0 Å². The quantitative estimate of drug-likeness (QED) is 0.813. The Bertz CT molecular complexity index is 360. The van der Waals surface area contributed by atoms with Gasteiger partial charge in [-0.15, -0.1) is 0 Å². The van der Waals surface area contributed by atoms with E-state index < -0.39 is 0 Å². The lowest BCUT2D eigenvalue weighted by Crippen LogP contribution is -2.38. The van der Waals surface area contributed by atoms with E-state index in [9.17, 15) is 0 Å². The Balaban J connectivity index is 2.04. The van der Waals surface area contributed by atoms with E-state index in [1.807, 2.05) is 18.2 Å². The number of rotatable bonds is 6. The van der Waals surface area contributed by atoms with Gasteiger partial charge in [-0.3, -0.25) is 0 Å². The van der Waals surface area contributed by atoms with Crippen molar-refractivity contribution in [2.24, 2.45) is 0 Å². The second kappa shape index (κ2) is 5.89. The summed E-state index contributed by atoms with van der Waals surface area (Å²) in [5, 5.41) is 8.80. The minimum absolute atomic E-state index is 0.146. The molecule has 4 heteroatoms. The summed E-state index contributed by atoms with van der Waals surface area (Å²) in [6.45, 7) is 1.50. The van der Waals surface area contributed by atoms with Crippen LogP contribution in [-0.2, 0) is 11.2 Å². The van der Waals surface area contributed by atoms with Gasteiger partial charge in [0.15, 0.2) is 11.5 Å². The average Bonchev–Trinajstić information content (AvgIpc) is 2.31. The van der Waals surface area contributed by atoms with E-state index in [4.69, 9.17) is 19.3 Å². The second-order valence-corrected chi connectivity index (χ2v) is 4.09. The fraction of sp³-hybridized carbons (Fsp3) is 0.538. The van der Waals surface area contributed by atoms with Crippen molar-refractivity contribution >= 4 is 0 Å². The molecule has 0 radical (unpaired) electrons. The Kier molecular flexibility index (Phi) is 4.23. The summed E-state index contributed by atoms with van der Waals surface area (Å²) < 4.78 is 16.1. The van der Waals surface area contributed by atoms with E-state index in [2.05, 4.69) is 0 Å². The van der Waals surface area contributed by atoms with Crippen LogP contribution in [0.2, 0.25) is 0 Å². The highest BCUT2D eigenvalue weighted by Gasteiger charge is 2.21. The Morgan fingerprint density at radius 2 is 2.18 bits per heavy atom. The summed E-state index contributed by atoms with van der Waals surface area (Å²) in [4.78, 5) is 0. The maximum Gasteiger partial charge on any atom is 0.161 e. The number of aryl methyl sites for hydroxylation is 1. The Morgan fingerprint density at radius 3 is 2.76 bits per heavy atom. The van der Waals surface area contributed by atoms with Crippen molar-refractivity contribution in [3.8, 4) is 11.5 Å². The molecule has 4 nitrogen and oxygen atoms in total. The molecule has 0 amide bonds. The number of hydrogen-bond acceptors (Lipinski definition) is 4. The molecule has 0 saturated carbocycles. The van der Waals surface area contributed by atoms with Crippen molar-refractivity contribution in [3.63, 3.8) is 0 Å². The average molecular weight is 238 g/mol. The van der Waals surface area contributed by atoms with Crippen LogP contribution in [0.3, 0.4) is 0 Å². The fourth-order valence-electron chi connectivity index (χ4n) is 1.71. The highest BCUT2D eigenvalue weighted by Crippen LogP contribution is 2.30. The lowest BCUT2D eigenvalue weighted by Gasteiger charge is -2.27. The number of methoxy groups -OCH3 is 1. The predicted molar refractivity (Wildman–Crippen MR) is 63.6 cm³/mol. The lowest BCUT2D eigenvalue weighted by atomic mass is 10.1. The van der Waals surface area contributed by atoms with Gasteiger partial charge in [0, 0.05) is 6.61 Å². The molecular formula is C13H18O4. The second-order valence-electron chi connectivity index (χ2n) is 4.09. The number of aliphatic hydroxyl groups excluding tert-OH is 1. The first kappa shape index (κ1) is 12.2. The Labute approximate surface area is 101 Å². The summed E-state index contributed by atoms with van der Waals surface area (Å²) in [5.74, 6) is 1.50. The molecule has 1 N–H and O–H groups in total. The molecule has 1 aromatic carbocycles. The number of hydrogen-bond donors (Lipinski definition) is 1. The molecule has 1 aliphatic heterocycles. The van der Waals surface area contributed by atoms with E-state index in [0.29, 0.717) is 13.2 Å². The van der Waals surface area contributed by atoms with Gasteiger partial charge in [0.05, 0.1) is 20.3 Å². The molecule has 2 rings (SSSR count). The zero-order chi connectivity index (χ0) is 12.1. The van der Waals surface area contributed by atoms with E-state index in [1.54, 1.807) is 7.11 Å². The molecule has 1 saturated heterocycles. The summed E-state index contributed by atoms with van der Waals surface area (Å²) in [5.41, 5.74) is 1.15. The van der Waals surface area contributed by atoms with Crippen molar-refractivity contribution in [1.29, 1.82) is 0 Å². The van der Waals surface area contributed by atoms with Crippen LogP contribution in [0.1, 0.15) is 12.0 Å². The Hall–Kier alpha value is -1.26. The maximum atomic E-state index is 8.80. The largest absolute Gasteiger partial charge is 0.493 e. The van der Waals surface area contributed by atoms with Crippen LogP contribution in [0, 0.1) is 0 Å². The van der Waals surface area contributed by atoms with Crippen molar-refractivity contribution in [2.75, 3.05) is 26.9 Å². The molecular weight excluding hydrogens is 220 g/mol. The zero-order valence-electron chi connectivity index (χ0n) is 10.0. The molecule has 1 fully saturated rings. The molecule has 1 aliphatic rings. The zero-order valence-corrected chi connectivity index (χ0v) is 10.0. The lowest BCUT2D eigenvalue weighted by molar-refractivity contribution is -0.0803. The van der Waals surface area contributed by atoms with Gasteiger partial charge in [-0.1, -0.05) is 6.07 Å². The summed E-state index contributed by atoms with van der Waals surface area (Å²) in [7, 11) is 1.63. The molecule has 17 heavy (non-hydrogen) atoms. The molecule has 0 spiro atoms. The molecule has 0 aliphatic carbocycles. The Morgan fingerprint density at radius 1 is 1.35 bits per heavy atom. The van der Waals surface area contributed by atoms with Crippen LogP contribution < -0.4 is 9.47 Å². The number of benzene rings is 1. The van der Waals surface area contributed by atoms with Crippen LogP contribution in [0.15, 0.2) is 18.2 Å². The first-order valence-corrected chi connectivity index (χ1v) is 5.85. The molecule has 0 bridgehead atoms. The summed E-state index contributed by atoms with van der Waals surface area (Å²) in [6.07, 6.45) is 1.76. The van der Waals surface area contributed by atoms with Crippen molar-refractivity contribution in [1.82, 2.24) is 0 Å². The third-order valence-corrected chi connectivity index (χ3v) is 2.75. The van der Waals surface area contributed by atoms with E-state index in [0.717, 1.165) is 29.9 Å². The third-order valence-electron chi connectivity index (χ3n) is 2.75. The van der Waals surface area contributed by atoms with Gasteiger partial charge < -0.3 is 19.3 Å². The fourth-order valence-corrected chi connectivity index (χ4v) is 1.71. The van der Waals surface area contributed by atoms with Gasteiger partial charge in [0.1, 0.15) is 6.10 Å². The molecule has 94 valence electrons. The van der Waals surface area contributed by atoms with Gasteiger partial charge in [-0.05, 0) is 30.5 Å². The highest BCUT2D eigenvalue weighted by molar-refractivity contribution is 5.43. The SMILES string of the molecule is COc1cc(CCCO)ccc1OC1COC1. The minimum Gasteiger partial charge on any atom is -0.493 e. The predicted octanol–water partition coefficient (Wildman–Crippen LogP) is 1.40. The van der Waals surface area contributed by atoms with Crippen LogP contribution in [-0.4, -0.2) is 38.1 Å². The topological polar surface area (TPSA) is 47.9 Å². The molecule has 1 aromatic rings. The minimum atomic E-state index is 0.146.